The molecule has 0 saturated heterocycles. The van der Waals surface area contributed by atoms with E-state index in [-0.39, 0.29) is 100 Å². The third kappa shape index (κ3) is 13.9. The van der Waals surface area contributed by atoms with Gasteiger partial charge in [-0.1, -0.05) is 234 Å². The molecule has 1 heterocycles. The van der Waals surface area contributed by atoms with Gasteiger partial charge < -0.3 is 28.4 Å². The van der Waals surface area contributed by atoms with Gasteiger partial charge in [-0.15, -0.1) is 0 Å². The van der Waals surface area contributed by atoms with Gasteiger partial charge in [0.25, 0.3) is 0 Å². The quantitative estimate of drug-likeness (QED) is 0.105. The predicted octanol–water partition coefficient (Wildman–Crippen LogP) is 22.0. The van der Waals surface area contributed by atoms with Crippen LogP contribution < -0.4 is 28.4 Å². The third-order valence-electron chi connectivity index (χ3n) is 19.4. The molecule has 0 amide bonds. The molecule has 12 heteroatoms. The summed E-state index contributed by atoms with van der Waals surface area (Å²) < 4.78 is 39.0. The molecular formula is C90H84O12. The van der Waals surface area contributed by atoms with Crippen molar-refractivity contribution in [2.45, 2.75) is 157 Å². The lowest BCUT2D eigenvalue weighted by atomic mass is 9.85. The fourth-order valence-corrected chi connectivity index (χ4v) is 12.9. The molecule has 0 saturated carbocycles. The lowest BCUT2D eigenvalue weighted by Crippen LogP contribution is -2.20. The zero-order valence-electron chi connectivity index (χ0n) is 61.2. The van der Waals surface area contributed by atoms with Crippen molar-refractivity contribution in [3.8, 4) is 34.5 Å². The molecule has 12 aromatic carbocycles. The Kier molecular flexibility index (Phi) is 17.0. The molecule has 0 radical (unpaired) electrons. The van der Waals surface area contributed by atoms with E-state index < -0.39 is 35.8 Å². The molecule has 12 aromatic rings. The van der Waals surface area contributed by atoms with Crippen LogP contribution >= 0.6 is 0 Å². The summed E-state index contributed by atoms with van der Waals surface area (Å²) in [5.41, 5.74) is 2.64. The van der Waals surface area contributed by atoms with Crippen molar-refractivity contribution in [1.82, 2.24) is 0 Å². The van der Waals surface area contributed by atoms with E-state index in [1.165, 1.54) is 0 Å². The lowest BCUT2D eigenvalue weighted by molar-refractivity contribution is 0.0688. The Labute approximate surface area is 594 Å². The van der Waals surface area contributed by atoms with Gasteiger partial charge >= 0.3 is 35.8 Å². The molecule has 0 fully saturated rings. The largest absolute Gasteiger partial charge is 0.422 e. The molecule has 1 aliphatic rings. The van der Waals surface area contributed by atoms with Gasteiger partial charge in [0.1, 0.15) is 67.9 Å². The zero-order chi connectivity index (χ0) is 73.2. The van der Waals surface area contributed by atoms with Crippen LogP contribution in [0.2, 0.25) is 0 Å². The number of esters is 6. The monoisotopic (exact) mass is 1360 g/mol. The predicted molar refractivity (Wildman–Crippen MR) is 406 cm³/mol. The Morgan fingerprint density at radius 3 is 0.412 bits per heavy atom. The first-order valence-corrected chi connectivity index (χ1v) is 34.5. The van der Waals surface area contributed by atoms with E-state index in [4.69, 9.17) is 28.4 Å². The second-order valence-corrected chi connectivity index (χ2v) is 33.3. The van der Waals surface area contributed by atoms with Crippen LogP contribution in [0.3, 0.4) is 0 Å². The van der Waals surface area contributed by atoms with Gasteiger partial charge in [0.05, 0.1) is 0 Å². The molecule has 0 atom stereocenters. The number of benzene rings is 12. The molecule has 0 bridgehead atoms. The number of carbonyl (C=O) groups is 6. The minimum atomic E-state index is -1.01. The number of ether oxygens (including phenoxy) is 6. The molecule has 0 unspecified atom stereocenters. The molecule has 1 aliphatic heterocycles. The van der Waals surface area contributed by atoms with Crippen LogP contribution in [0.5, 0.6) is 34.5 Å². The smallest absolute Gasteiger partial charge is 0.347 e. The second kappa shape index (κ2) is 25.0. The van der Waals surface area contributed by atoms with Crippen LogP contribution in [0.4, 0.5) is 0 Å². The Morgan fingerprint density at radius 1 is 0.167 bits per heavy atom. The first-order valence-electron chi connectivity index (χ1n) is 34.5. The Balaban J connectivity index is 1.07. The van der Waals surface area contributed by atoms with Gasteiger partial charge in [0.2, 0.25) is 0 Å². The van der Waals surface area contributed by atoms with Crippen molar-refractivity contribution >= 4 is 100 Å². The van der Waals surface area contributed by atoms with Crippen LogP contribution in [-0.2, 0) is 32.5 Å². The Hall–Kier alpha value is -11.0. The minimum absolute atomic E-state index is 0.192. The van der Waals surface area contributed by atoms with Crippen LogP contribution in [0, 0.1) is 0 Å². The summed E-state index contributed by atoms with van der Waals surface area (Å²) in [7, 11) is 0. The maximum atomic E-state index is 15.6. The number of rotatable bonds is 0. The van der Waals surface area contributed by atoms with Crippen molar-refractivity contribution < 1.29 is 57.2 Å². The van der Waals surface area contributed by atoms with Gasteiger partial charge in [-0.3, -0.25) is 0 Å². The Morgan fingerprint density at radius 2 is 0.294 bits per heavy atom. The van der Waals surface area contributed by atoms with E-state index in [2.05, 4.69) is 125 Å². The SMILES string of the molecule is CC(C)(C)c1ccc2cc3c(cc2c1)C(=O)Oc1cc2ccc(C(C)(C)C)cc2cc1C(=O)Oc1cc2ccc(C(C)(C)C)cc2cc1C(=O)Oc1cc2ccc(C(C)(C)C)cc2cc1C(=O)Oc1cc2ccc(C(C)(C)C)cc2cc1C(=O)Oc1cc2ccc(C(C)(C)C)cc2cc1C(=O)O3. The zero-order valence-corrected chi connectivity index (χ0v) is 61.2. The first kappa shape index (κ1) is 69.5. The standard InChI is InChI=1S/C90H84O12/c1-85(2,3)61-25-19-49-43-73-67(37-55(49)31-61)79(91)98-74-44-50-20-26-62(86(4,5)6)32-56(50)38-68(74)81(93)100-76-46-52-22-28-64(88(10,11)12)34-58(52)40-70(76)83(95)102-78-48-54-24-30-66(90(16,17)18)36-60(54)42-72(78)84(96)101-77-47-53-23-29-65(89(13,14)15)35-59(53)41-71(77)82(94)99-75-45-51-21-27-63(87(7,8)9)33-57(51)39-69(75)80(92)97-73/h19-48H,1-18H3. The molecular weight excluding hydrogens is 1270 g/mol. The van der Waals surface area contributed by atoms with E-state index in [0.717, 1.165) is 33.4 Å². The summed E-state index contributed by atoms with van der Waals surface area (Å²) in [6.07, 6.45) is 0. The van der Waals surface area contributed by atoms with Crippen molar-refractivity contribution in [2.75, 3.05) is 0 Å². The fourth-order valence-electron chi connectivity index (χ4n) is 12.9. The van der Waals surface area contributed by atoms with Gasteiger partial charge in [0.15, 0.2) is 0 Å². The fraction of sp³-hybridized carbons (Fsp3) is 0.267. The van der Waals surface area contributed by atoms with E-state index in [0.29, 0.717) is 64.6 Å². The maximum absolute atomic E-state index is 15.6. The van der Waals surface area contributed by atoms with Gasteiger partial charge in [0, 0.05) is 0 Å². The van der Waals surface area contributed by atoms with Crippen molar-refractivity contribution in [3.05, 3.63) is 249 Å². The highest BCUT2D eigenvalue weighted by Gasteiger charge is 2.33. The number of hydrogen-bond donors (Lipinski definition) is 0. The molecule has 0 spiro atoms. The first-order chi connectivity index (χ1) is 47.7. The maximum Gasteiger partial charge on any atom is 0.347 e. The van der Waals surface area contributed by atoms with E-state index in [1.54, 1.807) is 72.8 Å². The molecule has 0 aromatic heterocycles. The van der Waals surface area contributed by atoms with Gasteiger partial charge in [-0.2, -0.15) is 0 Å². The number of hydrogen-bond acceptors (Lipinski definition) is 12. The summed E-state index contributed by atoms with van der Waals surface area (Å²) in [5.74, 6) is -7.34. The molecule has 13 rings (SSSR count). The van der Waals surface area contributed by atoms with E-state index in [9.17, 15) is 0 Å². The Bertz CT molecular complexity index is 4690. The molecule has 516 valence electrons. The van der Waals surface area contributed by atoms with Crippen molar-refractivity contribution in [3.63, 3.8) is 0 Å². The van der Waals surface area contributed by atoms with Crippen LogP contribution in [-0.4, -0.2) is 35.8 Å². The van der Waals surface area contributed by atoms with E-state index in [1.807, 2.05) is 109 Å². The molecule has 12 nitrogen and oxygen atoms in total. The second-order valence-electron chi connectivity index (χ2n) is 33.3. The topological polar surface area (TPSA) is 158 Å². The number of fused-ring (bicyclic) bond motifs is 12. The summed E-state index contributed by atoms with van der Waals surface area (Å²) in [4.78, 5) is 93.8. The molecule has 0 aliphatic carbocycles. The van der Waals surface area contributed by atoms with E-state index >= 15 is 28.8 Å². The molecule has 0 N–H and O–H groups in total. The molecule has 102 heavy (non-hydrogen) atoms. The minimum Gasteiger partial charge on any atom is -0.422 e. The van der Waals surface area contributed by atoms with Gasteiger partial charge in [-0.05, 0) is 203 Å². The highest BCUT2D eigenvalue weighted by molar-refractivity contribution is 6.10. The highest BCUT2D eigenvalue weighted by atomic mass is 16.6. The summed E-state index contributed by atoms with van der Waals surface area (Å²) in [5, 5.41) is 7.34. The van der Waals surface area contributed by atoms with Crippen LogP contribution in [0.25, 0.3) is 64.6 Å². The van der Waals surface area contributed by atoms with Gasteiger partial charge in [-0.25, -0.2) is 28.8 Å². The number of carbonyl (C=O) groups excluding carboxylic acids is 6. The average Bonchev–Trinajstić information content (AvgIpc) is 0.776. The summed E-state index contributed by atoms with van der Waals surface area (Å²) >= 11 is 0. The van der Waals surface area contributed by atoms with Crippen LogP contribution in [0.1, 0.15) is 220 Å². The third-order valence-corrected chi connectivity index (χ3v) is 19.4. The summed E-state index contributed by atoms with van der Waals surface area (Å²) in [6, 6.07) is 53.8. The van der Waals surface area contributed by atoms with Crippen molar-refractivity contribution in [1.29, 1.82) is 0 Å². The highest BCUT2D eigenvalue weighted by Crippen LogP contribution is 2.42. The summed E-state index contributed by atoms with van der Waals surface area (Å²) in [6.45, 7) is 37.3. The average molecular weight is 1360 g/mol. The normalized spacial score (nSPS) is 14.2. The van der Waals surface area contributed by atoms with Crippen LogP contribution in [0.15, 0.2) is 182 Å². The lowest BCUT2D eigenvalue weighted by Gasteiger charge is -2.21. The van der Waals surface area contributed by atoms with Crippen molar-refractivity contribution in [2.24, 2.45) is 0 Å².